The van der Waals surface area contributed by atoms with Gasteiger partial charge in [-0.1, -0.05) is 17.7 Å². The number of nitrogen functional groups attached to an aromatic ring is 1. The minimum absolute atomic E-state index is 0.00493. The molecule has 0 saturated carbocycles. The van der Waals surface area contributed by atoms with Gasteiger partial charge in [0.15, 0.2) is 0 Å². The number of nitrogens with two attached hydrogens (primary N) is 1. The molecule has 0 aliphatic carbocycles. The lowest BCUT2D eigenvalue weighted by atomic mass is 10.2. The number of amides is 1. The zero-order valence-corrected chi connectivity index (χ0v) is 10.8. The highest BCUT2D eigenvalue weighted by atomic mass is 35.5. The highest BCUT2D eigenvalue weighted by molar-refractivity contribution is 6.34. The van der Waals surface area contributed by atoms with Gasteiger partial charge in [-0.15, -0.1) is 0 Å². The number of carbonyl (C=O) groups excluding carboxylic acids is 1. The Morgan fingerprint density at radius 1 is 1.37 bits per heavy atom. The van der Waals surface area contributed by atoms with E-state index in [1.165, 1.54) is 24.3 Å². The summed E-state index contributed by atoms with van der Waals surface area (Å²) in [7, 11) is 0. The Morgan fingerprint density at radius 2 is 2.11 bits per heavy atom. The third-order valence-corrected chi connectivity index (χ3v) is 2.90. The second-order valence-corrected chi connectivity index (χ2v) is 4.34. The van der Waals surface area contributed by atoms with E-state index in [1.54, 1.807) is 13.0 Å². The Bertz CT molecular complexity index is 646. The maximum Gasteiger partial charge on any atom is 0.275 e. The van der Waals surface area contributed by atoms with Crippen molar-refractivity contribution in [3.8, 4) is 0 Å². The number of hydrogen-bond acceptors (Lipinski definition) is 3. The molecule has 1 heterocycles. The van der Waals surface area contributed by atoms with Crippen LogP contribution in [-0.2, 0) is 0 Å². The molecule has 0 unspecified atom stereocenters. The van der Waals surface area contributed by atoms with Gasteiger partial charge in [-0.3, -0.25) is 4.79 Å². The topological polar surface area (TPSA) is 68.0 Å². The summed E-state index contributed by atoms with van der Waals surface area (Å²) in [6.07, 6.45) is 0. The van der Waals surface area contributed by atoms with Gasteiger partial charge in [-0.2, -0.15) is 0 Å². The minimum atomic E-state index is -0.536. The molecule has 0 spiro atoms. The van der Waals surface area contributed by atoms with E-state index in [9.17, 15) is 9.18 Å². The molecule has 3 N–H and O–H groups in total. The van der Waals surface area contributed by atoms with Crippen LogP contribution in [-0.4, -0.2) is 10.9 Å². The number of hydrogen-bond donors (Lipinski definition) is 2. The Labute approximate surface area is 114 Å². The number of pyridine rings is 1. The van der Waals surface area contributed by atoms with Gasteiger partial charge in [0.25, 0.3) is 5.91 Å². The predicted octanol–water partition coefficient (Wildman–Crippen LogP) is 3.02. The van der Waals surface area contributed by atoms with E-state index in [4.69, 9.17) is 17.3 Å². The molecule has 2 rings (SSSR count). The third-order valence-electron chi connectivity index (χ3n) is 2.60. The summed E-state index contributed by atoms with van der Waals surface area (Å²) in [6.45, 7) is 1.57. The number of benzene rings is 1. The van der Waals surface area contributed by atoms with E-state index < -0.39 is 11.7 Å². The van der Waals surface area contributed by atoms with E-state index >= 15 is 0 Å². The molecule has 1 amide bonds. The molecular weight excluding hydrogens is 269 g/mol. The molecular formula is C13H11ClFN3O. The van der Waals surface area contributed by atoms with E-state index in [-0.39, 0.29) is 16.5 Å². The van der Waals surface area contributed by atoms with Crippen LogP contribution in [0.25, 0.3) is 0 Å². The molecule has 2 aromatic rings. The average Bonchev–Trinajstić information content (AvgIpc) is 2.38. The largest absolute Gasteiger partial charge is 0.384 e. The fourth-order valence-electron chi connectivity index (χ4n) is 1.54. The summed E-state index contributed by atoms with van der Waals surface area (Å²) in [4.78, 5) is 15.9. The number of carbonyl (C=O) groups is 1. The summed E-state index contributed by atoms with van der Waals surface area (Å²) in [5.41, 5.74) is 6.22. The van der Waals surface area contributed by atoms with Gasteiger partial charge in [0.2, 0.25) is 0 Å². The van der Waals surface area contributed by atoms with Crippen LogP contribution in [0.2, 0.25) is 5.02 Å². The van der Waals surface area contributed by atoms with Crippen LogP contribution in [0.5, 0.6) is 0 Å². The fraction of sp³-hybridized carbons (Fsp3) is 0.0769. The van der Waals surface area contributed by atoms with Gasteiger partial charge >= 0.3 is 0 Å². The lowest BCUT2D eigenvalue weighted by molar-refractivity contribution is 0.102. The lowest BCUT2D eigenvalue weighted by Gasteiger charge is -2.09. The van der Waals surface area contributed by atoms with Crippen molar-refractivity contribution >= 4 is 29.0 Å². The van der Waals surface area contributed by atoms with Crippen molar-refractivity contribution in [2.45, 2.75) is 6.92 Å². The molecule has 1 aromatic heterocycles. The first-order valence-electron chi connectivity index (χ1n) is 5.47. The Balaban J connectivity index is 2.31. The second-order valence-electron chi connectivity index (χ2n) is 3.93. The van der Waals surface area contributed by atoms with Gasteiger partial charge in [-0.25, -0.2) is 9.37 Å². The monoisotopic (exact) mass is 279 g/mol. The van der Waals surface area contributed by atoms with Crippen molar-refractivity contribution in [3.63, 3.8) is 0 Å². The summed E-state index contributed by atoms with van der Waals surface area (Å²) in [5, 5.41) is 2.74. The highest BCUT2D eigenvalue weighted by Gasteiger charge is 2.14. The molecule has 98 valence electrons. The molecule has 0 saturated heterocycles. The normalized spacial score (nSPS) is 10.3. The molecule has 4 nitrogen and oxygen atoms in total. The van der Waals surface area contributed by atoms with Crippen molar-refractivity contribution in [3.05, 3.63) is 52.4 Å². The SMILES string of the molecule is Cc1c(F)cccc1NC(=O)c1nc(N)ccc1Cl. The van der Waals surface area contributed by atoms with Crippen molar-refractivity contribution in [1.82, 2.24) is 4.98 Å². The van der Waals surface area contributed by atoms with Crippen LogP contribution in [0.15, 0.2) is 30.3 Å². The summed E-state index contributed by atoms with van der Waals surface area (Å²) >= 11 is 5.88. The molecule has 0 fully saturated rings. The molecule has 0 aliphatic rings. The zero-order chi connectivity index (χ0) is 14.0. The standard InChI is InChI=1S/C13H11ClFN3O/c1-7-9(15)3-2-4-10(7)17-13(19)12-8(14)5-6-11(16)18-12/h2-6H,1H3,(H2,16,18)(H,17,19). The highest BCUT2D eigenvalue weighted by Crippen LogP contribution is 2.20. The van der Waals surface area contributed by atoms with Gasteiger partial charge < -0.3 is 11.1 Å². The summed E-state index contributed by atoms with van der Waals surface area (Å²) < 4.78 is 13.4. The Morgan fingerprint density at radius 3 is 2.84 bits per heavy atom. The van der Waals surface area contributed by atoms with Crippen LogP contribution in [0.3, 0.4) is 0 Å². The van der Waals surface area contributed by atoms with Gasteiger partial charge in [0, 0.05) is 11.3 Å². The number of rotatable bonds is 2. The fourth-order valence-corrected chi connectivity index (χ4v) is 1.73. The molecule has 0 atom stereocenters. The summed E-state index contributed by atoms with van der Waals surface area (Å²) in [5.74, 6) is -0.749. The Kier molecular flexibility index (Phi) is 3.66. The number of anilines is 2. The first-order chi connectivity index (χ1) is 8.99. The number of halogens is 2. The zero-order valence-electron chi connectivity index (χ0n) is 10.1. The lowest BCUT2D eigenvalue weighted by Crippen LogP contribution is -2.16. The van der Waals surface area contributed by atoms with Crippen molar-refractivity contribution in [2.24, 2.45) is 0 Å². The Hall–Kier alpha value is -2.14. The number of nitrogens with one attached hydrogen (secondary N) is 1. The van der Waals surface area contributed by atoms with E-state index in [1.807, 2.05) is 0 Å². The maximum atomic E-state index is 13.4. The van der Waals surface area contributed by atoms with E-state index in [0.717, 1.165) is 0 Å². The summed E-state index contributed by atoms with van der Waals surface area (Å²) in [6, 6.07) is 7.39. The van der Waals surface area contributed by atoms with Crippen LogP contribution in [0.4, 0.5) is 15.9 Å². The molecule has 6 heteroatoms. The molecule has 1 aromatic carbocycles. The van der Waals surface area contributed by atoms with Crippen molar-refractivity contribution < 1.29 is 9.18 Å². The second kappa shape index (κ2) is 5.24. The first-order valence-corrected chi connectivity index (χ1v) is 5.85. The van der Waals surface area contributed by atoms with Gasteiger partial charge in [0.1, 0.15) is 17.3 Å². The first kappa shape index (κ1) is 13.3. The van der Waals surface area contributed by atoms with Gasteiger partial charge in [-0.05, 0) is 31.2 Å². The van der Waals surface area contributed by atoms with Crippen LogP contribution in [0, 0.1) is 12.7 Å². The van der Waals surface area contributed by atoms with Crippen molar-refractivity contribution in [1.29, 1.82) is 0 Å². The molecule has 0 radical (unpaired) electrons. The average molecular weight is 280 g/mol. The molecule has 0 bridgehead atoms. The van der Waals surface area contributed by atoms with Crippen LogP contribution in [0.1, 0.15) is 16.1 Å². The predicted molar refractivity (Wildman–Crippen MR) is 72.7 cm³/mol. The number of aromatic nitrogens is 1. The van der Waals surface area contributed by atoms with Crippen molar-refractivity contribution in [2.75, 3.05) is 11.1 Å². The molecule has 19 heavy (non-hydrogen) atoms. The van der Waals surface area contributed by atoms with E-state index in [2.05, 4.69) is 10.3 Å². The quantitative estimate of drug-likeness (QED) is 0.888. The van der Waals surface area contributed by atoms with Crippen LogP contribution < -0.4 is 11.1 Å². The van der Waals surface area contributed by atoms with Crippen LogP contribution >= 0.6 is 11.6 Å². The minimum Gasteiger partial charge on any atom is -0.384 e. The van der Waals surface area contributed by atoms with E-state index in [0.29, 0.717) is 11.3 Å². The molecule has 0 aliphatic heterocycles. The smallest absolute Gasteiger partial charge is 0.275 e. The maximum absolute atomic E-state index is 13.4. The third kappa shape index (κ3) is 2.82. The van der Waals surface area contributed by atoms with Gasteiger partial charge in [0.05, 0.1) is 5.02 Å². The number of nitrogens with zero attached hydrogens (tertiary/aromatic N) is 1.